The third kappa shape index (κ3) is 2.30. The number of thiazole rings is 1. The van der Waals surface area contributed by atoms with E-state index in [9.17, 15) is 26.3 Å². The van der Waals surface area contributed by atoms with E-state index in [4.69, 9.17) is 5.26 Å². The van der Waals surface area contributed by atoms with Gasteiger partial charge in [0, 0.05) is 23.9 Å². The summed E-state index contributed by atoms with van der Waals surface area (Å²) in [6.45, 7) is 4.06. The highest BCUT2D eigenvalue weighted by molar-refractivity contribution is 7.13. The van der Waals surface area contributed by atoms with Crippen molar-refractivity contribution in [3.8, 4) is 6.07 Å². The minimum absolute atomic E-state index is 0.00566. The van der Waals surface area contributed by atoms with Crippen LogP contribution < -0.4 is 0 Å². The number of allylic oxidation sites excluding steroid dienone is 2. The Morgan fingerprint density at radius 2 is 1.59 bits per heavy atom. The number of nitriles is 1. The van der Waals surface area contributed by atoms with E-state index in [1.807, 2.05) is 0 Å². The Labute approximate surface area is 154 Å². The zero-order chi connectivity index (χ0) is 20.5. The van der Waals surface area contributed by atoms with Crippen LogP contribution in [0.3, 0.4) is 0 Å². The van der Waals surface area contributed by atoms with Crippen molar-refractivity contribution in [3.63, 3.8) is 0 Å². The van der Waals surface area contributed by atoms with Gasteiger partial charge in [0.2, 0.25) is 0 Å². The van der Waals surface area contributed by atoms with Gasteiger partial charge in [-0.25, -0.2) is 4.98 Å². The minimum atomic E-state index is -5.62. The molecule has 0 unspecified atom stereocenters. The van der Waals surface area contributed by atoms with Gasteiger partial charge in [-0.1, -0.05) is 0 Å². The van der Waals surface area contributed by atoms with Crippen LogP contribution in [0.25, 0.3) is 11.1 Å². The van der Waals surface area contributed by atoms with Crippen molar-refractivity contribution < 1.29 is 26.3 Å². The van der Waals surface area contributed by atoms with Crippen LogP contribution in [-0.2, 0) is 7.05 Å². The lowest BCUT2D eigenvalue weighted by molar-refractivity contribution is -0.254. The Morgan fingerprint density at radius 3 is 2.04 bits per heavy atom. The van der Waals surface area contributed by atoms with E-state index in [0.717, 1.165) is 6.07 Å². The fourth-order valence-electron chi connectivity index (χ4n) is 3.21. The Balaban J connectivity index is 2.49. The number of alkyl halides is 6. The van der Waals surface area contributed by atoms with Crippen molar-refractivity contribution in [1.82, 2.24) is 9.55 Å². The lowest BCUT2D eigenvalue weighted by Crippen LogP contribution is -2.48. The molecule has 2 aromatic heterocycles. The second-order valence-electron chi connectivity index (χ2n) is 6.32. The van der Waals surface area contributed by atoms with Gasteiger partial charge in [0.15, 0.2) is 0 Å². The first-order valence-corrected chi connectivity index (χ1v) is 8.50. The van der Waals surface area contributed by atoms with E-state index >= 15 is 0 Å². The third-order valence-corrected chi connectivity index (χ3v) is 5.81. The molecule has 1 aliphatic carbocycles. The molecule has 0 saturated carbocycles. The summed E-state index contributed by atoms with van der Waals surface area (Å²) in [7, 11) is 1.36. The smallest absolute Gasteiger partial charge is 0.339 e. The lowest BCUT2D eigenvalue weighted by atomic mass is 9.98. The van der Waals surface area contributed by atoms with Crippen LogP contribution in [0.4, 0.5) is 26.3 Å². The predicted octanol–water partition coefficient (Wildman–Crippen LogP) is 5.11. The number of halogens is 6. The average molecular weight is 405 g/mol. The second kappa shape index (κ2) is 5.61. The molecule has 0 aliphatic heterocycles. The zero-order valence-electron chi connectivity index (χ0n) is 14.6. The Morgan fingerprint density at radius 1 is 1.04 bits per heavy atom. The van der Waals surface area contributed by atoms with Crippen LogP contribution in [0.1, 0.15) is 32.5 Å². The molecule has 0 fully saturated rings. The van der Waals surface area contributed by atoms with Gasteiger partial charge in [-0.05, 0) is 26.8 Å². The number of aromatic nitrogens is 2. The molecule has 0 amide bonds. The molecular formula is C17H13F6N3S. The summed E-state index contributed by atoms with van der Waals surface area (Å²) in [4.78, 5) is 3.50. The largest absolute Gasteiger partial charge is 0.380 e. The first kappa shape index (κ1) is 19.5. The zero-order valence-corrected chi connectivity index (χ0v) is 15.4. The van der Waals surface area contributed by atoms with Gasteiger partial charge >= 0.3 is 17.8 Å². The molecule has 2 aromatic rings. The van der Waals surface area contributed by atoms with Crippen molar-refractivity contribution in [2.24, 2.45) is 7.05 Å². The topological polar surface area (TPSA) is 41.6 Å². The molecule has 0 spiro atoms. The molecule has 0 saturated heterocycles. The van der Waals surface area contributed by atoms with Gasteiger partial charge in [-0.2, -0.15) is 31.6 Å². The maximum absolute atomic E-state index is 14.7. The highest BCUT2D eigenvalue weighted by atomic mass is 32.1. The summed E-state index contributed by atoms with van der Waals surface area (Å²) in [5.74, 6) is -15.9. The molecular weight excluding hydrogens is 392 g/mol. The molecule has 0 bridgehead atoms. The quantitative estimate of drug-likeness (QED) is 0.652. The van der Waals surface area contributed by atoms with Crippen molar-refractivity contribution in [3.05, 3.63) is 38.6 Å². The summed E-state index contributed by atoms with van der Waals surface area (Å²) in [6.07, 6.45) is 0. The fourth-order valence-corrected chi connectivity index (χ4v) is 4.21. The molecule has 0 N–H and O–H groups in total. The van der Waals surface area contributed by atoms with Crippen LogP contribution in [0, 0.1) is 32.1 Å². The molecule has 2 heterocycles. The Bertz CT molecular complexity index is 1020. The van der Waals surface area contributed by atoms with Crippen LogP contribution in [0.2, 0.25) is 0 Å². The summed E-state index contributed by atoms with van der Waals surface area (Å²) >= 11 is 0.649. The van der Waals surface area contributed by atoms with E-state index in [2.05, 4.69) is 4.98 Å². The minimum Gasteiger partial charge on any atom is -0.339 e. The van der Waals surface area contributed by atoms with Crippen molar-refractivity contribution in [1.29, 1.82) is 5.26 Å². The maximum atomic E-state index is 14.7. The van der Waals surface area contributed by atoms with Gasteiger partial charge < -0.3 is 4.57 Å². The number of aryl methyl sites for hydroxylation is 2. The average Bonchev–Trinajstić information content (AvgIpc) is 3.06. The molecule has 10 heteroatoms. The van der Waals surface area contributed by atoms with Gasteiger partial charge in [0.25, 0.3) is 0 Å². The number of rotatable bonds is 2. The summed E-state index contributed by atoms with van der Waals surface area (Å²) in [6, 6.07) is 2.66. The molecule has 3 rings (SSSR count). The highest BCUT2D eigenvalue weighted by Crippen LogP contribution is 2.65. The van der Waals surface area contributed by atoms with Crippen LogP contribution >= 0.6 is 11.3 Å². The van der Waals surface area contributed by atoms with Crippen LogP contribution in [0.15, 0.2) is 6.07 Å². The number of hydrogen-bond acceptors (Lipinski definition) is 3. The summed E-state index contributed by atoms with van der Waals surface area (Å²) < 4.78 is 88.2. The van der Waals surface area contributed by atoms with Crippen LogP contribution in [-0.4, -0.2) is 27.3 Å². The standard InChI is InChI=1S/C17H13F6N3S/c1-7-14(27-9(3)25-7)13-12(11-5-10(6-24)26(4)8(11)2)15(18,19)17(22,23)16(13,20)21/h5H,1-4H3. The number of nitrogens with zero attached hydrogens (tertiary/aromatic N) is 3. The Hall–Kier alpha value is -2.28. The predicted molar refractivity (Wildman–Crippen MR) is 88.1 cm³/mol. The SMILES string of the molecule is Cc1nc(C)c(C2=C(c3cc(C#N)n(C)c3C)C(F)(F)C(F)(F)C2(F)F)s1. The molecule has 0 radical (unpaired) electrons. The van der Waals surface area contributed by atoms with E-state index in [1.54, 1.807) is 6.07 Å². The first-order valence-electron chi connectivity index (χ1n) is 7.68. The van der Waals surface area contributed by atoms with Crippen LogP contribution in [0.5, 0.6) is 0 Å². The van der Waals surface area contributed by atoms with Crippen molar-refractivity contribution >= 4 is 22.5 Å². The second-order valence-corrected chi connectivity index (χ2v) is 7.52. The molecule has 27 heavy (non-hydrogen) atoms. The van der Waals surface area contributed by atoms with E-state index in [0.29, 0.717) is 11.3 Å². The third-order valence-electron chi connectivity index (χ3n) is 4.72. The van der Waals surface area contributed by atoms with E-state index < -0.39 is 39.4 Å². The molecule has 0 atom stereocenters. The first-order chi connectivity index (χ1) is 12.3. The van der Waals surface area contributed by atoms with Crippen molar-refractivity contribution in [2.75, 3.05) is 0 Å². The highest BCUT2D eigenvalue weighted by Gasteiger charge is 2.80. The fraction of sp³-hybridized carbons (Fsp3) is 0.412. The molecule has 1 aliphatic rings. The molecule has 3 nitrogen and oxygen atoms in total. The molecule has 0 aromatic carbocycles. The number of hydrogen-bond donors (Lipinski definition) is 0. The molecule has 144 valence electrons. The van der Waals surface area contributed by atoms with Crippen molar-refractivity contribution in [2.45, 2.75) is 38.5 Å². The summed E-state index contributed by atoms with van der Waals surface area (Å²) in [5, 5.41) is 9.37. The lowest BCUT2D eigenvalue weighted by Gasteiger charge is -2.25. The van der Waals surface area contributed by atoms with E-state index in [1.165, 1.54) is 32.4 Å². The van der Waals surface area contributed by atoms with Gasteiger partial charge in [-0.3, -0.25) is 0 Å². The van der Waals surface area contributed by atoms with Gasteiger partial charge in [-0.15, -0.1) is 11.3 Å². The summed E-state index contributed by atoms with van der Waals surface area (Å²) in [5.41, 5.74) is -3.53. The monoisotopic (exact) mass is 405 g/mol. The Kier molecular flexibility index (Phi) is 4.05. The van der Waals surface area contributed by atoms with E-state index in [-0.39, 0.29) is 22.1 Å². The normalized spacial score (nSPS) is 20.2. The van der Waals surface area contributed by atoms with Gasteiger partial charge in [0.1, 0.15) is 11.8 Å². The maximum Gasteiger partial charge on any atom is 0.380 e. The van der Waals surface area contributed by atoms with Gasteiger partial charge in [0.05, 0.1) is 21.2 Å².